The molecular weight excluding hydrogens is 334 g/mol. The molecule has 1 amide bonds. The van der Waals surface area contributed by atoms with E-state index in [4.69, 9.17) is 11.6 Å². The molecule has 0 aliphatic heterocycles. The lowest BCUT2D eigenvalue weighted by molar-refractivity contribution is -0.199. The molecule has 2 unspecified atom stereocenters. The average molecular weight is 345 g/mol. The SMILES string of the molecule is CCOP(=O)([O-])C(Cl)c1ccc(NC(=O)C(F)(F)F)cc1. The molecule has 0 bridgehead atoms. The minimum atomic E-state index is -5.01. The highest BCUT2D eigenvalue weighted by atomic mass is 35.5. The molecule has 21 heavy (non-hydrogen) atoms. The normalized spacial score (nSPS) is 16.1. The fourth-order valence-corrected chi connectivity index (χ4v) is 2.70. The number of anilines is 1. The molecule has 0 saturated heterocycles. The number of hydrogen-bond donors (Lipinski definition) is 1. The number of carbonyl (C=O) groups is 1. The molecule has 10 heteroatoms. The van der Waals surface area contributed by atoms with Crippen molar-refractivity contribution in [1.29, 1.82) is 0 Å². The Morgan fingerprint density at radius 1 is 1.43 bits per heavy atom. The summed E-state index contributed by atoms with van der Waals surface area (Å²) in [5.74, 6) is -2.12. The molecule has 2 atom stereocenters. The van der Waals surface area contributed by atoms with Gasteiger partial charge in [-0.25, -0.2) is 0 Å². The van der Waals surface area contributed by atoms with Crippen molar-refractivity contribution in [3.63, 3.8) is 0 Å². The molecule has 1 N–H and O–H groups in total. The van der Waals surface area contributed by atoms with Gasteiger partial charge >= 0.3 is 12.1 Å². The summed E-state index contributed by atoms with van der Waals surface area (Å²) >= 11 is 5.74. The largest absolute Gasteiger partial charge is 0.777 e. The lowest BCUT2D eigenvalue weighted by atomic mass is 10.2. The Balaban J connectivity index is 2.84. The summed E-state index contributed by atoms with van der Waals surface area (Å²) < 4.78 is 52.3. The van der Waals surface area contributed by atoms with E-state index in [0.717, 1.165) is 12.1 Å². The predicted octanol–water partition coefficient (Wildman–Crippen LogP) is 3.01. The molecule has 5 nitrogen and oxygen atoms in total. The number of hydrogen-bond acceptors (Lipinski definition) is 4. The molecule has 1 aromatic carbocycles. The molecule has 0 fully saturated rings. The van der Waals surface area contributed by atoms with Crippen LogP contribution in [0.2, 0.25) is 0 Å². The van der Waals surface area contributed by atoms with Gasteiger partial charge in [0.15, 0.2) is 7.60 Å². The molecule has 0 saturated carbocycles. The number of nitrogens with one attached hydrogen (secondary N) is 1. The van der Waals surface area contributed by atoms with Gasteiger partial charge in [0, 0.05) is 5.69 Å². The summed E-state index contributed by atoms with van der Waals surface area (Å²) in [4.78, 5) is 22.3. The zero-order valence-electron chi connectivity index (χ0n) is 10.7. The molecule has 1 aromatic rings. The third-order valence-corrected chi connectivity index (χ3v) is 4.73. The van der Waals surface area contributed by atoms with E-state index in [0.29, 0.717) is 0 Å². The second kappa shape index (κ2) is 6.79. The van der Waals surface area contributed by atoms with Crippen LogP contribution in [0, 0.1) is 0 Å². The van der Waals surface area contributed by atoms with Gasteiger partial charge in [-0.1, -0.05) is 12.1 Å². The minimum Gasteiger partial charge on any atom is -0.777 e. The van der Waals surface area contributed by atoms with Crippen molar-refractivity contribution in [2.24, 2.45) is 0 Å². The fourth-order valence-electron chi connectivity index (χ4n) is 1.36. The van der Waals surface area contributed by atoms with Crippen LogP contribution in [-0.4, -0.2) is 18.7 Å². The van der Waals surface area contributed by atoms with E-state index in [1.165, 1.54) is 19.1 Å². The molecule has 0 aromatic heterocycles. The quantitative estimate of drug-likeness (QED) is 0.658. The minimum absolute atomic E-state index is 0.0796. The Morgan fingerprint density at radius 3 is 2.38 bits per heavy atom. The Bertz CT molecular complexity index is 549. The van der Waals surface area contributed by atoms with Crippen molar-refractivity contribution < 1.29 is 31.9 Å². The number of halogens is 4. The van der Waals surface area contributed by atoms with Crippen LogP contribution in [0.4, 0.5) is 18.9 Å². The van der Waals surface area contributed by atoms with Crippen LogP contribution in [-0.2, 0) is 13.9 Å². The van der Waals surface area contributed by atoms with Crippen LogP contribution in [0.5, 0.6) is 0 Å². The lowest BCUT2D eigenvalue weighted by Crippen LogP contribution is -2.29. The standard InChI is InChI=1S/C11H12ClF3NO4P/c1-2-20-21(18,19)9(12)7-3-5-8(6-4-7)16-10(17)11(13,14)15/h3-6,9H,2H2,1H3,(H,16,17)(H,18,19)/p-1. The van der Waals surface area contributed by atoms with Gasteiger partial charge in [0.05, 0.1) is 6.61 Å². The second-order valence-corrected chi connectivity index (χ2v) is 6.46. The molecule has 1 rings (SSSR count). The number of benzene rings is 1. The fraction of sp³-hybridized carbons (Fsp3) is 0.364. The van der Waals surface area contributed by atoms with E-state index in [1.807, 2.05) is 0 Å². The van der Waals surface area contributed by atoms with Gasteiger partial charge in [-0.2, -0.15) is 13.2 Å². The van der Waals surface area contributed by atoms with E-state index in [1.54, 1.807) is 5.32 Å². The first-order valence-corrected chi connectivity index (χ1v) is 7.70. The zero-order valence-corrected chi connectivity index (χ0v) is 12.3. The Labute approximate surface area is 123 Å². The van der Waals surface area contributed by atoms with Crippen molar-refractivity contribution in [2.45, 2.75) is 18.2 Å². The van der Waals surface area contributed by atoms with E-state index in [9.17, 15) is 27.4 Å². The number of alkyl halides is 4. The van der Waals surface area contributed by atoms with Crippen molar-refractivity contribution in [3.8, 4) is 0 Å². The maximum Gasteiger partial charge on any atom is 0.471 e. The van der Waals surface area contributed by atoms with Gasteiger partial charge in [-0.05, 0) is 24.6 Å². The van der Waals surface area contributed by atoms with Gasteiger partial charge in [0.2, 0.25) is 0 Å². The zero-order chi connectivity index (χ0) is 16.3. The van der Waals surface area contributed by atoms with Gasteiger partial charge < -0.3 is 19.3 Å². The van der Waals surface area contributed by atoms with Crippen LogP contribution >= 0.6 is 19.2 Å². The second-order valence-electron chi connectivity index (χ2n) is 3.87. The molecule has 0 heterocycles. The first-order chi connectivity index (χ1) is 9.58. The van der Waals surface area contributed by atoms with E-state index in [-0.39, 0.29) is 17.9 Å². The van der Waals surface area contributed by atoms with Gasteiger partial charge in [-0.15, -0.1) is 11.6 Å². The van der Waals surface area contributed by atoms with Gasteiger partial charge in [0.1, 0.15) is 5.12 Å². The summed E-state index contributed by atoms with van der Waals surface area (Å²) in [5, 5.41) is 0.159. The highest BCUT2D eigenvalue weighted by Crippen LogP contribution is 2.55. The summed E-state index contributed by atoms with van der Waals surface area (Å²) in [6.45, 7) is 1.40. The summed E-state index contributed by atoms with van der Waals surface area (Å²) in [5.41, 5.74) is -0.0180. The molecule has 118 valence electrons. The van der Waals surface area contributed by atoms with Crippen LogP contribution in [0.1, 0.15) is 17.6 Å². The summed E-state index contributed by atoms with van der Waals surface area (Å²) in [7, 11) is -4.33. The smallest absolute Gasteiger partial charge is 0.471 e. The third kappa shape index (κ3) is 5.00. The molecule has 0 aliphatic carbocycles. The van der Waals surface area contributed by atoms with E-state index in [2.05, 4.69) is 4.52 Å². The van der Waals surface area contributed by atoms with Crippen LogP contribution < -0.4 is 10.2 Å². The predicted molar refractivity (Wildman–Crippen MR) is 69.0 cm³/mol. The molecule has 0 radical (unpaired) electrons. The average Bonchev–Trinajstić information content (AvgIpc) is 2.37. The maximum absolute atomic E-state index is 12.1. The van der Waals surface area contributed by atoms with Crippen LogP contribution in [0.3, 0.4) is 0 Å². The monoisotopic (exact) mass is 344 g/mol. The number of amides is 1. The van der Waals surface area contributed by atoms with Gasteiger partial charge in [0.25, 0.3) is 0 Å². The molecule has 0 spiro atoms. The van der Waals surface area contributed by atoms with Crippen LogP contribution in [0.15, 0.2) is 24.3 Å². The van der Waals surface area contributed by atoms with Crippen molar-refractivity contribution in [2.75, 3.05) is 11.9 Å². The van der Waals surface area contributed by atoms with E-state index >= 15 is 0 Å². The lowest BCUT2D eigenvalue weighted by Gasteiger charge is -2.27. The topological polar surface area (TPSA) is 78.5 Å². The summed E-state index contributed by atoms with van der Waals surface area (Å²) in [6, 6.07) is 4.60. The Hall–Kier alpha value is -1.08. The highest BCUT2D eigenvalue weighted by molar-refractivity contribution is 7.53. The first-order valence-electron chi connectivity index (χ1n) is 5.65. The highest BCUT2D eigenvalue weighted by Gasteiger charge is 2.38. The van der Waals surface area contributed by atoms with E-state index < -0.39 is 24.8 Å². The Kier molecular flexibility index (Phi) is 5.81. The third-order valence-electron chi connectivity index (χ3n) is 2.29. The molecule has 0 aliphatic rings. The number of rotatable bonds is 5. The van der Waals surface area contributed by atoms with Crippen molar-refractivity contribution >= 4 is 30.8 Å². The first kappa shape index (κ1) is 18.0. The summed E-state index contributed by atoms with van der Waals surface area (Å²) in [6.07, 6.45) is -5.01. The Morgan fingerprint density at radius 2 is 1.95 bits per heavy atom. The number of carbonyl (C=O) groups excluding carboxylic acids is 1. The maximum atomic E-state index is 12.1. The van der Waals surface area contributed by atoms with Crippen molar-refractivity contribution in [3.05, 3.63) is 29.8 Å². The van der Waals surface area contributed by atoms with Gasteiger partial charge in [-0.3, -0.25) is 4.79 Å². The van der Waals surface area contributed by atoms with Crippen LogP contribution in [0.25, 0.3) is 0 Å². The molecular formula is C11H11ClF3NO4P-. The van der Waals surface area contributed by atoms with Crippen molar-refractivity contribution in [1.82, 2.24) is 0 Å².